The topological polar surface area (TPSA) is 93.8 Å². The Kier molecular flexibility index (Phi) is 6.98. The van der Waals surface area contributed by atoms with Gasteiger partial charge in [-0.2, -0.15) is 5.10 Å². The third-order valence-corrected chi connectivity index (χ3v) is 6.47. The van der Waals surface area contributed by atoms with Crippen LogP contribution >= 0.6 is 23.1 Å². The molecule has 0 unspecified atom stereocenters. The SMILES string of the molecule is CCOC(=O)c1ccc(-c2ccc(C=NNC(=O)CSc3nc4ccccc4s3)o2)cc1. The molecular formula is C23H19N3O4S2. The van der Waals surface area contributed by atoms with Gasteiger partial charge >= 0.3 is 5.97 Å². The maximum Gasteiger partial charge on any atom is 0.338 e. The van der Waals surface area contributed by atoms with E-state index in [0.29, 0.717) is 23.7 Å². The van der Waals surface area contributed by atoms with Gasteiger partial charge in [0.2, 0.25) is 0 Å². The molecule has 32 heavy (non-hydrogen) atoms. The van der Waals surface area contributed by atoms with Crippen molar-refractivity contribution in [1.29, 1.82) is 0 Å². The van der Waals surface area contributed by atoms with E-state index >= 15 is 0 Å². The number of carbonyl (C=O) groups is 2. The maximum atomic E-state index is 12.0. The summed E-state index contributed by atoms with van der Waals surface area (Å²) in [5, 5.41) is 3.95. The summed E-state index contributed by atoms with van der Waals surface area (Å²) in [6, 6.07) is 18.4. The number of furan rings is 1. The predicted octanol–water partition coefficient (Wildman–Crippen LogP) is 4.98. The number of esters is 1. The van der Waals surface area contributed by atoms with Crippen LogP contribution in [0.1, 0.15) is 23.0 Å². The molecule has 0 spiro atoms. The zero-order chi connectivity index (χ0) is 22.3. The molecule has 9 heteroatoms. The summed E-state index contributed by atoms with van der Waals surface area (Å²) >= 11 is 2.93. The molecule has 2 aromatic heterocycles. The Bertz CT molecular complexity index is 1230. The largest absolute Gasteiger partial charge is 0.462 e. The molecule has 4 rings (SSSR count). The summed E-state index contributed by atoms with van der Waals surface area (Å²) in [7, 11) is 0. The van der Waals surface area contributed by atoms with E-state index < -0.39 is 0 Å². The normalized spacial score (nSPS) is 11.2. The first-order valence-electron chi connectivity index (χ1n) is 9.80. The van der Waals surface area contributed by atoms with E-state index in [-0.39, 0.29) is 17.6 Å². The second kappa shape index (κ2) is 10.3. The minimum atomic E-state index is -0.358. The molecule has 162 valence electrons. The highest BCUT2D eigenvalue weighted by Crippen LogP contribution is 2.29. The predicted molar refractivity (Wildman–Crippen MR) is 126 cm³/mol. The number of hydrogen-bond donors (Lipinski definition) is 1. The standard InChI is InChI=1S/C23H19N3O4S2/c1-2-29-22(28)16-9-7-15(8-10-16)19-12-11-17(30-19)13-24-26-21(27)14-31-23-25-18-5-3-4-6-20(18)32-23/h3-13H,2,14H2,1H3,(H,26,27). The minimum Gasteiger partial charge on any atom is -0.462 e. The number of thioether (sulfide) groups is 1. The molecule has 0 saturated heterocycles. The Hall–Kier alpha value is -3.43. The minimum absolute atomic E-state index is 0.216. The van der Waals surface area contributed by atoms with Crippen LogP contribution in [0.2, 0.25) is 0 Å². The van der Waals surface area contributed by atoms with Crippen molar-refractivity contribution >= 4 is 51.4 Å². The van der Waals surface area contributed by atoms with Crippen molar-refractivity contribution in [3.63, 3.8) is 0 Å². The molecule has 0 bridgehead atoms. The summed E-state index contributed by atoms with van der Waals surface area (Å²) in [5.41, 5.74) is 4.72. The van der Waals surface area contributed by atoms with Gasteiger partial charge in [0.05, 0.1) is 34.4 Å². The van der Waals surface area contributed by atoms with Gasteiger partial charge in [0, 0.05) is 5.56 Å². The van der Waals surface area contributed by atoms with E-state index in [1.165, 1.54) is 18.0 Å². The summed E-state index contributed by atoms with van der Waals surface area (Å²) in [6.07, 6.45) is 1.44. The van der Waals surface area contributed by atoms with Crippen molar-refractivity contribution in [2.45, 2.75) is 11.3 Å². The number of rotatable bonds is 8. The van der Waals surface area contributed by atoms with Crippen molar-refractivity contribution in [1.82, 2.24) is 10.4 Å². The highest BCUT2D eigenvalue weighted by molar-refractivity contribution is 8.01. The van der Waals surface area contributed by atoms with Gasteiger partial charge in [-0.05, 0) is 43.3 Å². The number of amides is 1. The number of carbonyl (C=O) groups excluding carboxylic acids is 2. The van der Waals surface area contributed by atoms with Crippen LogP contribution in [0.25, 0.3) is 21.5 Å². The molecule has 7 nitrogen and oxygen atoms in total. The molecule has 0 aliphatic rings. The van der Waals surface area contributed by atoms with Gasteiger partial charge in [0.1, 0.15) is 11.5 Å². The highest BCUT2D eigenvalue weighted by atomic mass is 32.2. The van der Waals surface area contributed by atoms with Crippen LogP contribution in [0.5, 0.6) is 0 Å². The molecule has 1 amide bonds. The summed E-state index contributed by atoms with van der Waals surface area (Å²) in [4.78, 5) is 28.3. The molecule has 0 aliphatic heterocycles. The number of ether oxygens (including phenoxy) is 1. The van der Waals surface area contributed by atoms with Crippen molar-refractivity contribution in [2.75, 3.05) is 12.4 Å². The molecule has 0 atom stereocenters. The number of nitrogens with one attached hydrogen (secondary N) is 1. The molecule has 0 aliphatic carbocycles. The fourth-order valence-corrected chi connectivity index (χ4v) is 4.66. The Labute approximate surface area is 192 Å². The number of aromatic nitrogens is 1. The lowest BCUT2D eigenvalue weighted by molar-refractivity contribution is -0.118. The fraction of sp³-hybridized carbons (Fsp3) is 0.130. The van der Waals surface area contributed by atoms with Crippen LogP contribution in [0.15, 0.2) is 74.5 Å². The van der Waals surface area contributed by atoms with Crippen LogP contribution in [0, 0.1) is 0 Å². The molecule has 1 N–H and O–H groups in total. The van der Waals surface area contributed by atoms with Gasteiger partial charge in [-0.1, -0.05) is 36.0 Å². The fourth-order valence-electron chi connectivity index (χ4n) is 2.80. The summed E-state index contributed by atoms with van der Waals surface area (Å²) < 4.78 is 12.6. The quantitative estimate of drug-likeness (QED) is 0.171. The lowest BCUT2D eigenvalue weighted by atomic mass is 10.1. The second-order valence-electron chi connectivity index (χ2n) is 6.53. The smallest absolute Gasteiger partial charge is 0.338 e. The number of hydrogen-bond acceptors (Lipinski definition) is 8. The monoisotopic (exact) mass is 465 g/mol. The zero-order valence-electron chi connectivity index (χ0n) is 17.1. The number of fused-ring (bicyclic) bond motifs is 1. The third-order valence-electron chi connectivity index (χ3n) is 4.29. The maximum absolute atomic E-state index is 12.0. The molecular weight excluding hydrogens is 446 g/mol. The average molecular weight is 466 g/mol. The third kappa shape index (κ3) is 5.43. The van der Waals surface area contributed by atoms with Gasteiger partial charge in [0.15, 0.2) is 4.34 Å². The summed E-state index contributed by atoms with van der Waals surface area (Å²) in [6.45, 7) is 2.10. The average Bonchev–Trinajstić information content (AvgIpc) is 3.45. The van der Waals surface area contributed by atoms with Gasteiger partial charge in [0.25, 0.3) is 5.91 Å². The number of hydrazone groups is 1. The Morgan fingerprint density at radius 1 is 1.16 bits per heavy atom. The highest BCUT2D eigenvalue weighted by Gasteiger charge is 2.09. The van der Waals surface area contributed by atoms with Crippen molar-refractivity contribution in [2.24, 2.45) is 5.10 Å². The van der Waals surface area contributed by atoms with Crippen LogP contribution in [0.3, 0.4) is 0 Å². The number of para-hydroxylation sites is 1. The lowest BCUT2D eigenvalue weighted by Crippen LogP contribution is -2.19. The van der Waals surface area contributed by atoms with E-state index in [9.17, 15) is 9.59 Å². The molecule has 2 heterocycles. The number of thiazole rings is 1. The molecule has 0 radical (unpaired) electrons. The number of benzene rings is 2. The van der Waals surface area contributed by atoms with Gasteiger partial charge < -0.3 is 9.15 Å². The first-order chi connectivity index (χ1) is 15.6. The second-order valence-corrected chi connectivity index (χ2v) is 8.78. The van der Waals surface area contributed by atoms with E-state index in [1.807, 2.05) is 24.3 Å². The van der Waals surface area contributed by atoms with Crippen LogP contribution in [0.4, 0.5) is 0 Å². The Balaban J connectivity index is 1.28. The van der Waals surface area contributed by atoms with Crippen molar-refractivity contribution < 1.29 is 18.7 Å². The van der Waals surface area contributed by atoms with E-state index in [2.05, 4.69) is 15.5 Å². The van der Waals surface area contributed by atoms with E-state index in [0.717, 1.165) is 20.1 Å². The van der Waals surface area contributed by atoms with Crippen LogP contribution in [-0.2, 0) is 9.53 Å². The summed E-state index contributed by atoms with van der Waals surface area (Å²) in [5.74, 6) is 0.747. The molecule has 0 saturated carbocycles. The first kappa shape index (κ1) is 21.8. The Morgan fingerprint density at radius 3 is 2.75 bits per heavy atom. The van der Waals surface area contributed by atoms with Gasteiger partial charge in [-0.25, -0.2) is 15.2 Å². The zero-order valence-corrected chi connectivity index (χ0v) is 18.7. The van der Waals surface area contributed by atoms with Crippen LogP contribution < -0.4 is 5.43 Å². The van der Waals surface area contributed by atoms with E-state index in [4.69, 9.17) is 9.15 Å². The van der Waals surface area contributed by atoms with Crippen molar-refractivity contribution in [3.05, 3.63) is 72.0 Å². The number of nitrogens with zero attached hydrogens (tertiary/aromatic N) is 2. The van der Waals surface area contributed by atoms with Crippen LogP contribution in [-0.4, -0.2) is 35.4 Å². The van der Waals surface area contributed by atoms with E-state index in [1.54, 1.807) is 54.7 Å². The first-order valence-corrected chi connectivity index (χ1v) is 11.6. The molecule has 2 aromatic carbocycles. The van der Waals surface area contributed by atoms with Gasteiger partial charge in [-0.3, -0.25) is 4.79 Å². The molecule has 4 aromatic rings. The molecule has 0 fully saturated rings. The van der Waals surface area contributed by atoms with Gasteiger partial charge in [-0.15, -0.1) is 11.3 Å². The van der Waals surface area contributed by atoms with Crippen molar-refractivity contribution in [3.8, 4) is 11.3 Å². The Morgan fingerprint density at radius 2 is 1.97 bits per heavy atom. The lowest BCUT2D eigenvalue weighted by Gasteiger charge is -2.02.